The van der Waals surface area contributed by atoms with Crippen molar-refractivity contribution in [1.29, 1.82) is 0 Å². The second-order valence-electron chi connectivity index (χ2n) is 7.67. The predicted molar refractivity (Wildman–Crippen MR) is 117 cm³/mol. The standard InChI is InChI=1S/C19H38N4O.HI/c1-17-7-6-12-23(15-17)11-5-4-10-21-19(20-2)22(3)13-14-24-16-18-8-9-18;/h17-18H,4-16H2,1-3H3,(H,20,21);1H. The zero-order valence-electron chi connectivity index (χ0n) is 16.5. The maximum Gasteiger partial charge on any atom is 0.193 e. The molecule has 1 aliphatic heterocycles. The number of likely N-dealkylation sites (tertiary alicyclic amines) is 1. The number of rotatable bonds is 10. The fourth-order valence-electron chi connectivity index (χ4n) is 3.38. The van der Waals surface area contributed by atoms with Crippen LogP contribution in [0.25, 0.3) is 0 Å². The first-order valence-corrected chi connectivity index (χ1v) is 9.91. The molecule has 1 aliphatic carbocycles. The lowest BCUT2D eigenvalue weighted by Crippen LogP contribution is -2.41. The molecule has 1 saturated carbocycles. The summed E-state index contributed by atoms with van der Waals surface area (Å²) in [6.07, 6.45) is 7.97. The van der Waals surface area contributed by atoms with Crippen LogP contribution in [0, 0.1) is 11.8 Å². The number of piperidine rings is 1. The number of likely N-dealkylation sites (N-methyl/N-ethyl adjacent to an activating group) is 1. The van der Waals surface area contributed by atoms with Crippen LogP contribution in [0.2, 0.25) is 0 Å². The van der Waals surface area contributed by atoms with E-state index in [0.29, 0.717) is 0 Å². The molecule has 0 aromatic rings. The summed E-state index contributed by atoms with van der Waals surface area (Å²) in [6, 6.07) is 0. The summed E-state index contributed by atoms with van der Waals surface area (Å²) in [5, 5.41) is 3.48. The Balaban J connectivity index is 0.00000312. The summed E-state index contributed by atoms with van der Waals surface area (Å²) in [4.78, 5) is 9.17. The lowest BCUT2D eigenvalue weighted by atomic mass is 10.0. The van der Waals surface area contributed by atoms with Gasteiger partial charge < -0.3 is 19.9 Å². The number of guanidine groups is 1. The molecule has 2 fully saturated rings. The summed E-state index contributed by atoms with van der Waals surface area (Å²) in [5.41, 5.74) is 0. The van der Waals surface area contributed by atoms with Crippen LogP contribution in [0.3, 0.4) is 0 Å². The van der Waals surface area contributed by atoms with Crippen molar-refractivity contribution in [2.75, 3.05) is 60.0 Å². The number of halogens is 1. The molecule has 1 N–H and O–H groups in total. The quantitative estimate of drug-likeness (QED) is 0.233. The van der Waals surface area contributed by atoms with E-state index in [-0.39, 0.29) is 24.0 Å². The fraction of sp³-hybridized carbons (Fsp3) is 0.947. The molecule has 1 unspecified atom stereocenters. The summed E-state index contributed by atoms with van der Waals surface area (Å²) in [5.74, 6) is 2.71. The van der Waals surface area contributed by atoms with Crippen LogP contribution < -0.4 is 5.32 Å². The summed E-state index contributed by atoms with van der Waals surface area (Å²) < 4.78 is 5.71. The highest BCUT2D eigenvalue weighted by Crippen LogP contribution is 2.28. The SMILES string of the molecule is CN=C(NCCCCN1CCCC(C)C1)N(C)CCOCC1CC1.I. The lowest BCUT2D eigenvalue weighted by Gasteiger charge is -2.30. The maximum absolute atomic E-state index is 5.71. The van der Waals surface area contributed by atoms with Gasteiger partial charge in [0.05, 0.1) is 6.61 Å². The van der Waals surface area contributed by atoms with Crippen molar-refractivity contribution in [3.8, 4) is 0 Å². The highest BCUT2D eigenvalue weighted by Gasteiger charge is 2.21. The van der Waals surface area contributed by atoms with Crippen LogP contribution in [0.1, 0.15) is 45.4 Å². The summed E-state index contributed by atoms with van der Waals surface area (Å²) >= 11 is 0. The van der Waals surface area contributed by atoms with Crippen molar-refractivity contribution in [3.05, 3.63) is 0 Å². The number of ether oxygens (including phenoxy) is 1. The van der Waals surface area contributed by atoms with Crippen LogP contribution in [0.4, 0.5) is 0 Å². The second kappa shape index (κ2) is 13.1. The Morgan fingerprint density at radius 3 is 2.76 bits per heavy atom. The van der Waals surface area contributed by atoms with Gasteiger partial charge in [-0.1, -0.05) is 6.92 Å². The van der Waals surface area contributed by atoms with Crippen LogP contribution in [0.5, 0.6) is 0 Å². The van der Waals surface area contributed by atoms with Gasteiger partial charge >= 0.3 is 0 Å². The molecule has 25 heavy (non-hydrogen) atoms. The zero-order valence-corrected chi connectivity index (χ0v) is 18.8. The minimum Gasteiger partial charge on any atom is -0.379 e. The fourth-order valence-corrected chi connectivity index (χ4v) is 3.38. The van der Waals surface area contributed by atoms with Gasteiger partial charge in [-0.25, -0.2) is 0 Å². The molecule has 6 heteroatoms. The van der Waals surface area contributed by atoms with Crippen molar-refractivity contribution >= 4 is 29.9 Å². The molecule has 5 nitrogen and oxygen atoms in total. The van der Waals surface area contributed by atoms with Crippen LogP contribution in [-0.4, -0.2) is 75.8 Å². The average molecular weight is 466 g/mol. The molecule has 0 spiro atoms. The minimum absolute atomic E-state index is 0. The lowest BCUT2D eigenvalue weighted by molar-refractivity contribution is 0.115. The monoisotopic (exact) mass is 466 g/mol. The van der Waals surface area contributed by atoms with Crippen LogP contribution in [0.15, 0.2) is 4.99 Å². The summed E-state index contributed by atoms with van der Waals surface area (Å²) in [6.45, 7) is 9.84. The molecule has 2 aliphatic rings. The molecule has 0 aromatic heterocycles. The van der Waals surface area contributed by atoms with Gasteiger partial charge in [-0.3, -0.25) is 4.99 Å². The van der Waals surface area contributed by atoms with Gasteiger partial charge in [-0.15, -0.1) is 24.0 Å². The van der Waals surface area contributed by atoms with E-state index in [1.807, 2.05) is 7.05 Å². The molecule has 148 valence electrons. The van der Waals surface area contributed by atoms with Crippen molar-refractivity contribution in [3.63, 3.8) is 0 Å². The Kier molecular flexibility index (Phi) is 12.1. The van der Waals surface area contributed by atoms with Crippen LogP contribution in [-0.2, 0) is 4.74 Å². The molecule has 1 saturated heterocycles. The minimum atomic E-state index is 0. The number of nitrogens with zero attached hydrogens (tertiary/aromatic N) is 3. The number of nitrogens with one attached hydrogen (secondary N) is 1. The third-order valence-electron chi connectivity index (χ3n) is 5.12. The van der Waals surface area contributed by atoms with Gasteiger partial charge in [0, 0.05) is 40.3 Å². The molecule has 0 bridgehead atoms. The third kappa shape index (κ3) is 9.99. The third-order valence-corrected chi connectivity index (χ3v) is 5.12. The predicted octanol–water partition coefficient (Wildman–Crippen LogP) is 3.05. The molecule has 1 atom stereocenters. The van der Waals surface area contributed by atoms with Gasteiger partial charge in [-0.2, -0.15) is 0 Å². The number of hydrogen-bond donors (Lipinski definition) is 1. The first kappa shape index (κ1) is 23.0. The van der Waals surface area contributed by atoms with Crippen molar-refractivity contribution < 1.29 is 4.74 Å². The second-order valence-corrected chi connectivity index (χ2v) is 7.67. The van der Waals surface area contributed by atoms with Gasteiger partial charge in [0.2, 0.25) is 0 Å². The maximum atomic E-state index is 5.71. The highest BCUT2D eigenvalue weighted by atomic mass is 127. The Labute approximate surface area is 172 Å². The van der Waals surface area contributed by atoms with E-state index >= 15 is 0 Å². The van der Waals surface area contributed by atoms with Crippen molar-refractivity contribution in [2.24, 2.45) is 16.8 Å². The van der Waals surface area contributed by atoms with Gasteiger partial charge in [0.25, 0.3) is 0 Å². The highest BCUT2D eigenvalue weighted by molar-refractivity contribution is 14.0. The Morgan fingerprint density at radius 2 is 2.08 bits per heavy atom. The molecular formula is C19H39IN4O. The number of unbranched alkanes of at least 4 members (excludes halogenated alkanes) is 1. The molecule has 0 radical (unpaired) electrons. The molecule has 0 aromatic carbocycles. The molecule has 2 rings (SSSR count). The number of hydrogen-bond acceptors (Lipinski definition) is 3. The van der Waals surface area contributed by atoms with E-state index in [4.69, 9.17) is 4.74 Å². The Bertz CT molecular complexity index is 376. The Morgan fingerprint density at radius 1 is 1.28 bits per heavy atom. The van der Waals surface area contributed by atoms with Crippen molar-refractivity contribution in [2.45, 2.75) is 45.4 Å². The van der Waals surface area contributed by atoms with E-state index in [9.17, 15) is 0 Å². The normalized spacial score (nSPS) is 21.7. The van der Waals surface area contributed by atoms with E-state index in [2.05, 4.69) is 34.1 Å². The van der Waals surface area contributed by atoms with Gasteiger partial charge in [0.15, 0.2) is 5.96 Å². The van der Waals surface area contributed by atoms with E-state index in [1.165, 1.54) is 58.2 Å². The first-order chi connectivity index (χ1) is 11.7. The molecular weight excluding hydrogens is 427 g/mol. The average Bonchev–Trinajstić information content (AvgIpc) is 3.39. The zero-order chi connectivity index (χ0) is 17.2. The van der Waals surface area contributed by atoms with E-state index in [1.54, 1.807) is 0 Å². The first-order valence-electron chi connectivity index (χ1n) is 9.91. The van der Waals surface area contributed by atoms with Gasteiger partial charge in [-0.05, 0) is 63.5 Å². The van der Waals surface area contributed by atoms with Gasteiger partial charge in [0.1, 0.15) is 0 Å². The van der Waals surface area contributed by atoms with Crippen molar-refractivity contribution in [1.82, 2.24) is 15.1 Å². The topological polar surface area (TPSA) is 40.1 Å². The largest absolute Gasteiger partial charge is 0.379 e. The number of aliphatic imine (C=N–C) groups is 1. The van der Waals surface area contributed by atoms with Crippen LogP contribution >= 0.6 is 24.0 Å². The molecule has 1 heterocycles. The Hall–Kier alpha value is -0.0800. The van der Waals surface area contributed by atoms with E-state index < -0.39 is 0 Å². The smallest absolute Gasteiger partial charge is 0.193 e. The molecule has 0 amide bonds. The summed E-state index contributed by atoms with van der Waals surface area (Å²) in [7, 11) is 3.95. The van der Waals surface area contributed by atoms with E-state index in [0.717, 1.165) is 44.1 Å².